The zero-order valence-corrected chi connectivity index (χ0v) is 10.2. The summed E-state index contributed by atoms with van der Waals surface area (Å²) in [4.78, 5) is 0. The van der Waals surface area contributed by atoms with Crippen LogP contribution in [0.1, 0.15) is 31.7 Å². The Bertz CT molecular complexity index is 153. The Hall–Kier alpha value is 0.986. The van der Waals surface area contributed by atoms with Gasteiger partial charge in [-0.2, -0.15) is 17.7 Å². The molecule has 0 aliphatic rings. The molecule has 0 saturated carbocycles. The second-order valence-corrected chi connectivity index (χ2v) is 2.53. The van der Waals surface area contributed by atoms with Gasteiger partial charge in [-0.15, -0.1) is 0 Å². The average Bonchev–Trinajstić information content (AvgIpc) is 2.37. The zero-order chi connectivity index (χ0) is 6.69. The van der Waals surface area contributed by atoms with Crippen LogP contribution >= 0.6 is 0 Å². The van der Waals surface area contributed by atoms with Crippen molar-refractivity contribution in [3.05, 3.63) is 29.8 Å². The summed E-state index contributed by atoms with van der Waals surface area (Å²) >= 11 is 0. The molecule has 0 fully saturated rings. The van der Waals surface area contributed by atoms with Gasteiger partial charge in [-0.3, -0.25) is 0 Å². The van der Waals surface area contributed by atoms with Crippen LogP contribution in [0.15, 0.2) is 24.3 Å². The summed E-state index contributed by atoms with van der Waals surface area (Å²) in [5.41, 5.74) is 1.47. The Morgan fingerprint density at radius 1 is 1.30 bits per heavy atom. The van der Waals surface area contributed by atoms with E-state index in [1.165, 1.54) is 12.0 Å². The van der Waals surface area contributed by atoms with Crippen molar-refractivity contribution in [1.82, 2.24) is 0 Å². The molecule has 1 rings (SSSR count). The predicted octanol–water partition coefficient (Wildman–Crippen LogP) is -0.0770. The van der Waals surface area contributed by atoms with E-state index in [0.29, 0.717) is 0 Å². The molecule has 1 aromatic carbocycles. The van der Waals surface area contributed by atoms with E-state index in [-0.39, 0.29) is 51.4 Å². The minimum atomic E-state index is 0. The standard InChI is InChI=1S/C9H13.K/c1-3-8(2)9-6-4-5-7-9;/h4-8H,3H2,1-2H3;/q-1;+1. The van der Waals surface area contributed by atoms with Crippen LogP contribution in [0.5, 0.6) is 0 Å². The Labute approximate surface area is 106 Å². The van der Waals surface area contributed by atoms with Crippen molar-refractivity contribution in [1.29, 1.82) is 0 Å². The van der Waals surface area contributed by atoms with Gasteiger partial charge in [0.25, 0.3) is 0 Å². The normalized spacial score (nSPS) is 12.2. The van der Waals surface area contributed by atoms with Crippen molar-refractivity contribution in [2.45, 2.75) is 26.2 Å². The summed E-state index contributed by atoms with van der Waals surface area (Å²) in [6, 6.07) is 8.57. The first-order valence-electron chi connectivity index (χ1n) is 3.56. The third-order valence-electron chi connectivity index (χ3n) is 1.87. The first-order chi connectivity index (χ1) is 4.34. The van der Waals surface area contributed by atoms with Gasteiger partial charge in [0.05, 0.1) is 0 Å². The van der Waals surface area contributed by atoms with Crippen LogP contribution in [0.4, 0.5) is 0 Å². The van der Waals surface area contributed by atoms with E-state index in [2.05, 4.69) is 38.1 Å². The predicted molar refractivity (Wildman–Crippen MR) is 40.7 cm³/mol. The molecule has 10 heavy (non-hydrogen) atoms. The zero-order valence-electron chi connectivity index (χ0n) is 7.09. The van der Waals surface area contributed by atoms with Crippen LogP contribution in [0.25, 0.3) is 0 Å². The molecule has 0 radical (unpaired) electrons. The van der Waals surface area contributed by atoms with Crippen molar-refractivity contribution >= 4 is 0 Å². The van der Waals surface area contributed by atoms with Gasteiger partial charge < -0.3 is 0 Å². The summed E-state index contributed by atoms with van der Waals surface area (Å²) < 4.78 is 0. The van der Waals surface area contributed by atoms with Crippen LogP contribution in [-0.4, -0.2) is 0 Å². The van der Waals surface area contributed by atoms with Gasteiger partial charge in [0.2, 0.25) is 0 Å². The topological polar surface area (TPSA) is 0 Å². The van der Waals surface area contributed by atoms with Crippen molar-refractivity contribution in [2.75, 3.05) is 0 Å². The van der Waals surface area contributed by atoms with Gasteiger partial charge >= 0.3 is 51.4 Å². The van der Waals surface area contributed by atoms with E-state index < -0.39 is 0 Å². The molecule has 0 amide bonds. The molecule has 50 valence electrons. The summed E-state index contributed by atoms with van der Waals surface area (Å²) in [6.45, 7) is 4.48. The SMILES string of the molecule is CCC(C)[c-]1cccc1.[K+]. The molecule has 1 atom stereocenters. The fourth-order valence-corrected chi connectivity index (χ4v) is 0.953. The smallest absolute Gasteiger partial charge is 0.213 e. The molecule has 1 unspecified atom stereocenters. The molecular weight excluding hydrogens is 147 g/mol. The summed E-state index contributed by atoms with van der Waals surface area (Å²) in [7, 11) is 0. The van der Waals surface area contributed by atoms with E-state index in [0.717, 1.165) is 5.92 Å². The van der Waals surface area contributed by atoms with Crippen LogP contribution < -0.4 is 51.4 Å². The summed E-state index contributed by atoms with van der Waals surface area (Å²) in [5, 5.41) is 0. The fourth-order valence-electron chi connectivity index (χ4n) is 0.953. The Morgan fingerprint density at radius 2 is 1.80 bits per heavy atom. The van der Waals surface area contributed by atoms with Crippen molar-refractivity contribution < 1.29 is 51.4 Å². The molecule has 0 saturated heterocycles. The molecule has 0 heterocycles. The van der Waals surface area contributed by atoms with Gasteiger partial charge in [0.1, 0.15) is 0 Å². The molecule has 0 bridgehead atoms. The monoisotopic (exact) mass is 160 g/mol. The van der Waals surface area contributed by atoms with Gasteiger partial charge in [0, 0.05) is 0 Å². The number of hydrogen-bond donors (Lipinski definition) is 0. The van der Waals surface area contributed by atoms with Crippen molar-refractivity contribution in [2.24, 2.45) is 0 Å². The van der Waals surface area contributed by atoms with Gasteiger partial charge in [-0.05, 0) is 0 Å². The minimum absolute atomic E-state index is 0. The minimum Gasteiger partial charge on any atom is -0.213 e. The maximum atomic E-state index is 2.26. The maximum absolute atomic E-state index is 2.26. The maximum Gasteiger partial charge on any atom is 1.00 e. The molecule has 0 spiro atoms. The van der Waals surface area contributed by atoms with Gasteiger partial charge in [-0.25, -0.2) is 12.1 Å². The van der Waals surface area contributed by atoms with Crippen LogP contribution in [0.3, 0.4) is 0 Å². The van der Waals surface area contributed by atoms with E-state index in [4.69, 9.17) is 0 Å². The molecule has 0 N–H and O–H groups in total. The molecule has 0 aromatic heterocycles. The van der Waals surface area contributed by atoms with Crippen LogP contribution in [-0.2, 0) is 0 Å². The second-order valence-electron chi connectivity index (χ2n) is 2.53. The second kappa shape index (κ2) is 5.61. The van der Waals surface area contributed by atoms with E-state index in [1.807, 2.05) is 0 Å². The first kappa shape index (κ1) is 11.0. The van der Waals surface area contributed by atoms with Crippen molar-refractivity contribution in [3.8, 4) is 0 Å². The average molecular weight is 160 g/mol. The molecule has 0 aliphatic heterocycles. The quantitative estimate of drug-likeness (QED) is 0.419. The largest absolute Gasteiger partial charge is 1.00 e. The fraction of sp³-hybridized carbons (Fsp3) is 0.444. The summed E-state index contributed by atoms with van der Waals surface area (Å²) in [6.07, 6.45) is 1.24. The van der Waals surface area contributed by atoms with Gasteiger partial charge in [-0.1, -0.05) is 26.2 Å². The Balaban J connectivity index is 0.000000810. The van der Waals surface area contributed by atoms with E-state index in [9.17, 15) is 0 Å². The Kier molecular flexibility index (Phi) is 6.17. The molecule has 1 aromatic rings. The van der Waals surface area contributed by atoms with Crippen LogP contribution in [0, 0.1) is 0 Å². The molecule has 1 heteroatoms. The number of rotatable bonds is 2. The Morgan fingerprint density at radius 3 is 2.20 bits per heavy atom. The van der Waals surface area contributed by atoms with Crippen molar-refractivity contribution in [3.63, 3.8) is 0 Å². The first-order valence-corrected chi connectivity index (χ1v) is 3.56. The molecule has 0 aliphatic carbocycles. The third-order valence-corrected chi connectivity index (χ3v) is 1.87. The number of hydrogen-bond acceptors (Lipinski definition) is 0. The van der Waals surface area contributed by atoms with E-state index in [1.54, 1.807) is 0 Å². The summed E-state index contributed by atoms with van der Waals surface area (Å²) in [5.74, 6) is 0.736. The van der Waals surface area contributed by atoms with Crippen LogP contribution in [0.2, 0.25) is 0 Å². The van der Waals surface area contributed by atoms with E-state index >= 15 is 0 Å². The molecule has 0 nitrogen and oxygen atoms in total. The third kappa shape index (κ3) is 2.93. The van der Waals surface area contributed by atoms with Gasteiger partial charge in [0.15, 0.2) is 0 Å². The molecular formula is C9H13K.